The van der Waals surface area contributed by atoms with E-state index >= 15 is 0 Å². The van der Waals surface area contributed by atoms with Crippen LogP contribution < -0.4 is 11.1 Å². The number of hydrogen-bond donors (Lipinski definition) is 2. The lowest BCUT2D eigenvalue weighted by Gasteiger charge is -2.15. The maximum absolute atomic E-state index is 11.3. The van der Waals surface area contributed by atoms with Crippen LogP contribution in [0.3, 0.4) is 0 Å². The molecule has 0 fully saturated rings. The highest BCUT2D eigenvalue weighted by Gasteiger charge is 2.03. The molecule has 15 heavy (non-hydrogen) atoms. The summed E-state index contributed by atoms with van der Waals surface area (Å²) in [6.07, 6.45) is 3.85. The Morgan fingerprint density at radius 3 is 2.67 bits per heavy atom. The molecule has 0 bridgehead atoms. The van der Waals surface area contributed by atoms with Gasteiger partial charge in [-0.25, -0.2) is 0 Å². The summed E-state index contributed by atoms with van der Waals surface area (Å²) in [5.74, 6) is 0.131. The van der Waals surface area contributed by atoms with Crippen molar-refractivity contribution in [1.82, 2.24) is 10.2 Å². The molecular formula is C11H25N3O. The third-order valence-electron chi connectivity index (χ3n) is 2.32. The summed E-state index contributed by atoms with van der Waals surface area (Å²) < 4.78 is 0. The fraction of sp³-hybridized carbons (Fsp3) is 0.909. The third kappa shape index (κ3) is 9.69. The van der Waals surface area contributed by atoms with Crippen LogP contribution in [-0.2, 0) is 4.79 Å². The fourth-order valence-corrected chi connectivity index (χ4v) is 1.25. The second-order valence-corrected chi connectivity index (χ2v) is 3.90. The number of carbonyl (C=O) groups excluding carboxylic acids is 1. The van der Waals surface area contributed by atoms with Crippen LogP contribution in [0, 0.1) is 0 Å². The van der Waals surface area contributed by atoms with E-state index in [1.165, 1.54) is 12.8 Å². The van der Waals surface area contributed by atoms with E-state index in [0.29, 0.717) is 19.5 Å². The molecule has 4 heteroatoms. The van der Waals surface area contributed by atoms with Gasteiger partial charge in [-0.2, -0.15) is 0 Å². The van der Waals surface area contributed by atoms with Gasteiger partial charge in [0.1, 0.15) is 0 Å². The number of nitrogens with zero attached hydrogens (tertiary/aromatic N) is 1. The zero-order valence-electron chi connectivity index (χ0n) is 10.1. The smallest absolute Gasteiger partial charge is 0.221 e. The van der Waals surface area contributed by atoms with Gasteiger partial charge in [-0.3, -0.25) is 4.79 Å². The average molecular weight is 215 g/mol. The van der Waals surface area contributed by atoms with Gasteiger partial charge < -0.3 is 16.0 Å². The number of amides is 1. The van der Waals surface area contributed by atoms with Gasteiger partial charge in [-0.15, -0.1) is 0 Å². The van der Waals surface area contributed by atoms with Crippen molar-refractivity contribution in [2.45, 2.75) is 32.6 Å². The van der Waals surface area contributed by atoms with Crippen molar-refractivity contribution in [3.8, 4) is 0 Å². The molecule has 0 aromatic heterocycles. The molecule has 0 rings (SSSR count). The van der Waals surface area contributed by atoms with E-state index in [0.717, 1.165) is 19.5 Å². The van der Waals surface area contributed by atoms with Crippen molar-refractivity contribution in [2.24, 2.45) is 5.73 Å². The first-order valence-electron chi connectivity index (χ1n) is 5.86. The predicted molar refractivity (Wildman–Crippen MR) is 63.7 cm³/mol. The van der Waals surface area contributed by atoms with Crippen molar-refractivity contribution in [3.05, 3.63) is 0 Å². The highest BCUT2D eigenvalue weighted by Crippen LogP contribution is 1.93. The SMILES string of the molecule is CCCCN(C)CCC(=O)NCCCN. The summed E-state index contributed by atoms with van der Waals surface area (Å²) >= 11 is 0. The Morgan fingerprint density at radius 1 is 1.33 bits per heavy atom. The molecule has 0 aliphatic carbocycles. The monoisotopic (exact) mass is 215 g/mol. The summed E-state index contributed by atoms with van der Waals surface area (Å²) in [7, 11) is 2.06. The van der Waals surface area contributed by atoms with E-state index in [2.05, 4.69) is 24.2 Å². The van der Waals surface area contributed by atoms with E-state index in [1.54, 1.807) is 0 Å². The Labute approximate surface area is 93.2 Å². The number of rotatable bonds is 9. The van der Waals surface area contributed by atoms with Gasteiger partial charge in [-0.05, 0) is 33.0 Å². The minimum absolute atomic E-state index is 0.131. The lowest BCUT2D eigenvalue weighted by molar-refractivity contribution is -0.121. The van der Waals surface area contributed by atoms with Crippen molar-refractivity contribution >= 4 is 5.91 Å². The number of unbranched alkanes of at least 4 members (excludes halogenated alkanes) is 1. The minimum atomic E-state index is 0.131. The Bertz CT molecular complexity index is 162. The second-order valence-electron chi connectivity index (χ2n) is 3.90. The molecule has 1 amide bonds. The fourth-order valence-electron chi connectivity index (χ4n) is 1.25. The molecule has 0 atom stereocenters. The highest BCUT2D eigenvalue weighted by atomic mass is 16.1. The van der Waals surface area contributed by atoms with Crippen LogP contribution in [0.4, 0.5) is 0 Å². The van der Waals surface area contributed by atoms with E-state index in [1.807, 2.05) is 0 Å². The number of nitrogens with one attached hydrogen (secondary N) is 1. The zero-order chi connectivity index (χ0) is 11.5. The molecule has 0 aliphatic rings. The summed E-state index contributed by atoms with van der Waals surface area (Å²) in [4.78, 5) is 13.5. The summed E-state index contributed by atoms with van der Waals surface area (Å²) in [5, 5.41) is 2.85. The first-order valence-corrected chi connectivity index (χ1v) is 5.86. The number of carbonyl (C=O) groups is 1. The van der Waals surface area contributed by atoms with Crippen molar-refractivity contribution in [3.63, 3.8) is 0 Å². The summed E-state index contributed by atoms with van der Waals surface area (Å²) in [5.41, 5.74) is 5.33. The molecule has 0 saturated heterocycles. The van der Waals surface area contributed by atoms with Gasteiger partial charge >= 0.3 is 0 Å². The predicted octanol–water partition coefficient (Wildman–Crippen LogP) is 0.573. The first-order chi connectivity index (χ1) is 7.20. The van der Waals surface area contributed by atoms with Crippen LogP contribution in [0.5, 0.6) is 0 Å². The molecule has 0 heterocycles. The van der Waals surface area contributed by atoms with Crippen LogP contribution in [0.1, 0.15) is 32.6 Å². The average Bonchev–Trinajstić information content (AvgIpc) is 2.24. The van der Waals surface area contributed by atoms with Crippen LogP contribution >= 0.6 is 0 Å². The maximum atomic E-state index is 11.3. The first kappa shape index (κ1) is 14.4. The van der Waals surface area contributed by atoms with E-state index in [-0.39, 0.29) is 5.91 Å². The lowest BCUT2D eigenvalue weighted by atomic mass is 10.3. The Kier molecular flexibility index (Phi) is 9.52. The molecule has 0 radical (unpaired) electrons. The van der Waals surface area contributed by atoms with E-state index in [9.17, 15) is 4.79 Å². The van der Waals surface area contributed by atoms with Crippen LogP contribution in [0.15, 0.2) is 0 Å². The largest absolute Gasteiger partial charge is 0.356 e. The molecule has 90 valence electrons. The van der Waals surface area contributed by atoms with Gasteiger partial charge in [0.25, 0.3) is 0 Å². The Balaban J connectivity index is 3.36. The lowest BCUT2D eigenvalue weighted by Crippen LogP contribution is -2.30. The number of hydrogen-bond acceptors (Lipinski definition) is 3. The van der Waals surface area contributed by atoms with Gasteiger partial charge in [0.2, 0.25) is 5.91 Å². The van der Waals surface area contributed by atoms with Crippen LogP contribution in [0.2, 0.25) is 0 Å². The van der Waals surface area contributed by atoms with Gasteiger partial charge in [0, 0.05) is 19.5 Å². The van der Waals surface area contributed by atoms with Crippen molar-refractivity contribution in [2.75, 3.05) is 33.2 Å². The molecule has 3 N–H and O–H groups in total. The van der Waals surface area contributed by atoms with Crippen LogP contribution in [-0.4, -0.2) is 44.0 Å². The summed E-state index contributed by atoms with van der Waals surface area (Å²) in [6, 6.07) is 0. The van der Waals surface area contributed by atoms with Gasteiger partial charge in [-0.1, -0.05) is 13.3 Å². The molecule has 0 unspecified atom stereocenters. The molecule has 0 spiro atoms. The molecule has 0 saturated carbocycles. The summed E-state index contributed by atoms with van der Waals surface area (Å²) in [6.45, 7) is 5.43. The molecular weight excluding hydrogens is 190 g/mol. The normalized spacial score (nSPS) is 10.7. The standard InChI is InChI=1S/C11H25N3O/c1-3-4-9-14(2)10-6-11(15)13-8-5-7-12/h3-10,12H2,1-2H3,(H,13,15). The topological polar surface area (TPSA) is 58.4 Å². The van der Waals surface area contributed by atoms with Crippen LogP contribution in [0.25, 0.3) is 0 Å². The minimum Gasteiger partial charge on any atom is -0.356 e. The molecule has 0 aliphatic heterocycles. The number of nitrogens with two attached hydrogens (primary N) is 1. The van der Waals surface area contributed by atoms with Crippen molar-refractivity contribution < 1.29 is 4.79 Å². The molecule has 0 aromatic carbocycles. The Morgan fingerprint density at radius 2 is 2.07 bits per heavy atom. The van der Waals surface area contributed by atoms with Crippen molar-refractivity contribution in [1.29, 1.82) is 0 Å². The van der Waals surface area contributed by atoms with E-state index in [4.69, 9.17) is 5.73 Å². The highest BCUT2D eigenvalue weighted by molar-refractivity contribution is 5.75. The van der Waals surface area contributed by atoms with Gasteiger partial charge in [0.15, 0.2) is 0 Å². The molecule has 0 aromatic rings. The maximum Gasteiger partial charge on any atom is 0.221 e. The Hall–Kier alpha value is -0.610. The second kappa shape index (κ2) is 9.93. The third-order valence-corrected chi connectivity index (χ3v) is 2.32. The zero-order valence-corrected chi connectivity index (χ0v) is 10.1. The molecule has 4 nitrogen and oxygen atoms in total. The van der Waals surface area contributed by atoms with E-state index < -0.39 is 0 Å². The van der Waals surface area contributed by atoms with Gasteiger partial charge in [0.05, 0.1) is 0 Å². The quantitative estimate of drug-likeness (QED) is 0.553.